The number of ether oxygens (including phenoxy) is 1. The minimum Gasteiger partial charge on any atom is -0.367 e. The van der Waals surface area contributed by atoms with E-state index in [2.05, 4.69) is 10.2 Å². The van der Waals surface area contributed by atoms with E-state index in [1.165, 1.54) is 28.6 Å². The Morgan fingerprint density at radius 2 is 1.87 bits per heavy atom. The Hall–Kier alpha value is -1.75. The molecular formula is C27H34Cl2FN3O4S. The number of hydrogen-bond donors (Lipinski definition) is 1. The molecule has 1 saturated carbocycles. The van der Waals surface area contributed by atoms with Crippen LogP contribution < -0.4 is 5.32 Å². The SMILES string of the molecule is CN(C)C(c1cccc(F)c1)C1CCC(NC(=O)COC2CCN(S(=O)(=O)c3ccc(Cl)cc3Cl)C2)CC1. The fourth-order valence-corrected chi connectivity index (χ4v) is 7.83. The molecule has 4 rings (SSSR count). The summed E-state index contributed by atoms with van der Waals surface area (Å²) in [6, 6.07) is 11.3. The highest BCUT2D eigenvalue weighted by Gasteiger charge is 2.35. The molecular weight excluding hydrogens is 552 g/mol. The van der Waals surface area contributed by atoms with Gasteiger partial charge in [-0.25, -0.2) is 12.8 Å². The normalized spacial score (nSPS) is 23.5. The van der Waals surface area contributed by atoms with Gasteiger partial charge in [0.2, 0.25) is 15.9 Å². The molecule has 1 heterocycles. The fraction of sp³-hybridized carbons (Fsp3) is 0.519. The maximum absolute atomic E-state index is 13.8. The molecule has 0 aromatic heterocycles. The molecule has 2 atom stereocenters. The van der Waals surface area contributed by atoms with Gasteiger partial charge in [-0.05, 0) is 88.0 Å². The molecule has 2 aromatic rings. The van der Waals surface area contributed by atoms with E-state index in [-0.39, 0.29) is 59.5 Å². The van der Waals surface area contributed by atoms with Crippen LogP contribution in [0.15, 0.2) is 47.4 Å². The largest absolute Gasteiger partial charge is 0.367 e. The maximum Gasteiger partial charge on any atom is 0.246 e. The van der Waals surface area contributed by atoms with E-state index in [9.17, 15) is 17.6 Å². The molecule has 208 valence electrons. The third-order valence-corrected chi connectivity index (χ3v) is 9.98. The number of halogens is 3. The van der Waals surface area contributed by atoms with Gasteiger partial charge in [0.15, 0.2) is 0 Å². The van der Waals surface area contributed by atoms with Crippen LogP contribution in [0.2, 0.25) is 10.0 Å². The second kappa shape index (κ2) is 12.6. The third kappa shape index (κ3) is 7.06. The van der Waals surface area contributed by atoms with E-state index in [1.54, 1.807) is 12.1 Å². The van der Waals surface area contributed by atoms with Crippen LogP contribution in [0, 0.1) is 11.7 Å². The highest BCUT2D eigenvalue weighted by molar-refractivity contribution is 7.89. The highest BCUT2D eigenvalue weighted by atomic mass is 35.5. The Morgan fingerprint density at radius 1 is 1.13 bits per heavy atom. The van der Waals surface area contributed by atoms with Crippen molar-refractivity contribution in [1.82, 2.24) is 14.5 Å². The average molecular weight is 587 g/mol. The molecule has 2 aliphatic rings. The maximum atomic E-state index is 13.8. The summed E-state index contributed by atoms with van der Waals surface area (Å²) in [7, 11) is 0.245. The highest BCUT2D eigenvalue weighted by Crippen LogP contribution is 2.37. The van der Waals surface area contributed by atoms with Gasteiger partial charge >= 0.3 is 0 Å². The van der Waals surface area contributed by atoms with Crippen molar-refractivity contribution in [3.8, 4) is 0 Å². The summed E-state index contributed by atoms with van der Waals surface area (Å²) in [5.41, 5.74) is 0.974. The van der Waals surface area contributed by atoms with Crippen molar-refractivity contribution < 1.29 is 22.3 Å². The number of sulfonamides is 1. The van der Waals surface area contributed by atoms with Gasteiger partial charge in [0.05, 0.1) is 11.1 Å². The average Bonchev–Trinajstić information content (AvgIpc) is 3.34. The third-order valence-electron chi connectivity index (χ3n) is 7.40. The van der Waals surface area contributed by atoms with E-state index in [4.69, 9.17) is 27.9 Å². The van der Waals surface area contributed by atoms with Gasteiger partial charge < -0.3 is 15.0 Å². The van der Waals surface area contributed by atoms with Crippen molar-refractivity contribution in [2.45, 2.75) is 55.2 Å². The van der Waals surface area contributed by atoms with Crippen molar-refractivity contribution in [1.29, 1.82) is 0 Å². The first kappa shape index (κ1) is 29.2. The fourth-order valence-electron chi connectivity index (χ4n) is 5.60. The summed E-state index contributed by atoms with van der Waals surface area (Å²) in [6.07, 6.45) is 3.65. The number of benzene rings is 2. The van der Waals surface area contributed by atoms with Crippen LogP contribution in [0.5, 0.6) is 0 Å². The quantitative estimate of drug-likeness (QED) is 0.453. The van der Waals surface area contributed by atoms with Gasteiger partial charge in [0, 0.05) is 30.2 Å². The zero-order valence-electron chi connectivity index (χ0n) is 21.6. The van der Waals surface area contributed by atoms with E-state index in [0.29, 0.717) is 17.4 Å². The zero-order valence-corrected chi connectivity index (χ0v) is 23.9. The molecule has 0 radical (unpaired) electrons. The molecule has 0 spiro atoms. The van der Waals surface area contributed by atoms with Gasteiger partial charge in [0.1, 0.15) is 17.3 Å². The van der Waals surface area contributed by atoms with Gasteiger partial charge in [-0.15, -0.1) is 0 Å². The number of carbonyl (C=O) groups excluding carboxylic acids is 1. The van der Waals surface area contributed by atoms with Gasteiger partial charge in [-0.1, -0.05) is 35.3 Å². The molecule has 1 N–H and O–H groups in total. The first-order valence-corrected chi connectivity index (χ1v) is 15.0. The molecule has 0 bridgehead atoms. The minimum atomic E-state index is -3.78. The Balaban J connectivity index is 1.23. The second-order valence-electron chi connectivity index (χ2n) is 10.3. The topological polar surface area (TPSA) is 79.0 Å². The molecule has 2 aromatic carbocycles. The predicted octanol–water partition coefficient (Wildman–Crippen LogP) is 4.89. The molecule has 38 heavy (non-hydrogen) atoms. The van der Waals surface area contributed by atoms with Gasteiger partial charge in [-0.3, -0.25) is 4.79 Å². The van der Waals surface area contributed by atoms with Crippen LogP contribution in [0.25, 0.3) is 0 Å². The van der Waals surface area contributed by atoms with Gasteiger partial charge in [-0.2, -0.15) is 4.31 Å². The van der Waals surface area contributed by atoms with E-state index in [1.807, 2.05) is 20.2 Å². The Bertz CT molecular complexity index is 1240. The Labute approximate surface area is 234 Å². The second-order valence-corrected chi connectivity index (χ2v) is 13.1. The Morgan fingerprint density at radius 3 is 2.53 bits per heavy atom. The molecule has 2 fully saturated rings. The van der Waals surface area contributed by atoms with Crippen LogP contribution >= 0.6 is 23.2 Å². The molecule has 1 aliphatic carbocycles. The minimum absolute atomic E-state index is 0.00599. The lowest BCUT2D eigenvalue weighted by Crippen LogP contribution is -2.42. The summed E-state index contributed by atoms with van der Waals surface area (Å²) >= 11 is 12.0. The van der Waals surface area contributed by atoms with Crippen molar-refractivity contribution in [2.24, 2.45) is 5.92 Å². The summed E-state index contributed by atoms with van der Waals surface area (Å²) in [6.45, 7) is 0.325. The van der Waals surface area contributed by atoms with Crippen LogP contribution in [0.1, 0.15) is 43.7 Å². The molecule has 7 nitrogen and oxygen atoms in total. The number of nitrogens with one attached hydrogen (secondary N) is 1. The van der Waals surface area contributed by atoms with E-state index < -0.39 is 10.0 Å². The van der Waals surface area contributed by atoms with Crippen LogP contribution in [0.4, 0.5) is 4.39 Å². The monoisotopic (exact) mass is 585 g/mol. The van der Waals surface area contributed by atoms with Crippen LogP contribution in [0.3, 0.4) is 0 Å². The van der Waals surface area contributed by atoms with Crippen molar-refractivity contribution in [3.05, 3.63) is 63.9 Å². The molecule has 11 heteroatoms. The van der Waals surface area contributed by atoms with E-state index >= 15 is 0 Å². The molecule has 1 amide bonds. The number of carbonyl (C=O) groups is 1. The summed E-state index contributed by atoms with van der Waals surface area (Å²) in [5.74, 6) is -0.0615. The lowest BCUT2D eigenvalue weighted by Gasteiger charge is -2.37. The van der Waals surface area contributed by atoms with Gasteiger partial charge in [0.25, 0.3) is 0 Å². The summed E-state index contributed by atoms with van der Waals surface area (Å²) < 4.78 is 46.9. The number of rotatable bonds is 9. The smallest absolute Gasteiger partial charge is 0.246 e. The lowest BCUT2D eigenvalue weighted by atomic mass is 9.78. The molecule has 2 unspecified atom stereocenters. The number of nitrogens with zero attached hydrogens (tertiary/aromatic N) is 2. The van der Waals surface area contributed by atoms with Crippen molar-refractivity contribution >= 4 is 39.1 Å². The summed E-state index contributed by atoms with van der Waals surface area (Å²) in [5, 5.41) is 3.50. The number of amides is 1. The van der Waals surface area contributed by atoms with Crippen LogP contribution in [-0.2, 0) is 19.6 Å². The standard InChI is InChI=1S/C27H34Cl2FN3O4S/c1-32(2)27(19-4-3-5-21(30)14-19)18-6-9-22(10-7-18)31-26(34)17-37-23-12-13-33(16-23)38(35,36)25-11-8-20(28)15-24(25)29/h3-5,8,11,14-15,18,22-23,27H,6-7,9-10,12-13,16-17H2,1-2H3,(H,31,34). The molecule has 1 saturated heterocycles. The first-order valence-electron chi connectivity index (χ1n) is 12.8. The first-order chi connectivity index (χ1) is 18.0. The zero-order chi connectivity index (χ0) is 27.4. The predicted molar refractivity (Wildman–Crippen MR) is 146 cm³/mol. The molecule has 1 aliphatic heterocycles. The Kier molecular flexibility index (Phi) is 9.71. The lowest BCUT2D eigenvalue weighted by molar-refractivity contribution is -0.128. The van der Waals surface area contributed by atoms with Crippen molar-refractivity contribution in [3.63, 3.8) is 0 Å². The van der Waals surface area contributed by atoms with E-state index in [0.717, 1.165) is 31.2 Å². The van der Waals surface area contributed by atoms with Crippen molar-refractivity contribution in [2.75, 3.05) is 33.8 Å². The summed E-state index contributed by atoms with van der Waals surface area (Å²) in [4.78, 5) is 14.7. The van der Waals surface area contributed by atoms with Crippen LogP contribution in [-0.4, -0.2) is 69.5 Å². The number of hydrogen-bond acceptors (Lipinski definition) is 5.